The molecule has 47 heavy (non-hydrogen) atoms. The van der Waals surface area contributed by atoms with E-state index in [0.717, 1.165) is 11.1 Å². The number of nitrogen functional groups attached to an aromatic ring is 1. The molecule has 2 aromatic carbocycles. The number of tetrazole rings is 1. The number of amides is 2. The molecule has 3 atom stereocenters. The Bertz CT molecular complexity index is 1700. The predicted molar refractivity (Wildman–Crippen MR) is 188 cm³/mol. The number of aromatic nitrogens is 5. The molecule has 2 fully saturated rings. The van der Waals surface area contributed by atoms with Crippen molar-refractivity contribution in [3.8, 4) is 0 Å². The zero-order valence-electron chi connectivity index (χ0n) is 25.8. The Morgan fingerprint density at radius 3 is 2.38 bits per heavy atom. The van der Waals surface area contributed by atoms with Crippen LogP contribution < -0.4 is 11.1 Å². The summed E-state index contributed by atoms with van der Waals surface area (Å²) < 4.78 is 7.86. The third-order valence-electron chi connectivity index (χ3n) is 7.52. The fourth-order valence-electron chi connectivity index (χ4n) is 5.13. The molecule has 246 valence electrons. The number of hydrogen-bond acceptors (Lipinski definition) is 13. The van der Waals surface area contributed by atoms with E-state index in [4.69, 9.17) is 10.5 Å². The first-order chi connectivity index (χ1) is 22.8. The van der Waals surface area contributed by atoms with E-state index >= 15 is 0 Å². The van der Waals surface area contributed by atoms with Crippen molar-refractivity contribution in [1.82, 2.24) is 35.4 Å². The largest absolute Gasteiger partial charge is 0.452 e. The lowest BCUT2D eigenvalue weighted by atomic mass is 9.88. The van der Waals surface area contributed by atoms with Crippen molar-refractivity contribution in [2.75, 3.05) is 23.8 Å². The maximum atomic E-state index is 14.3. The average Bonchev–Trinajstić information content (AvgIpc) is 3.73. The van der Waals surface area contributed by atoms with Gasteiger partial charge in [0.15, 0.2) is 11.2 Å². The van der Waals surface area contributed by atoms with Crippen molar-refractivity contribution < 1.29 is 19.1 Å². The van der Waals surface area contributed by atoms with Gasteiger partial charge < -0.3 is 20.7 Å². The van der Waals surface area contributed by atoms with Crippen LogP contribution in [0.5, 0.6) is 0 Å². The molecule has 2 aliphatic heterocycles. The molecule has 2 aromatic heterocycles. The highest BCUT2D eigenvalue weighted by Crippen LogP contribution is 2.46. The highest BCUT2D eigenvalue weighted by atomic mass is 32.2. The lowest BCUT2D eigenvalue weighted by Crippen LogP contribution is -2.74. The number of thioether (sulfide) groups is 2. The van der Waals surface area contributed by atoms with Crippen molar-refractivity contribution in [2.45, 2.75) is 36.5 Å². The van der Waals surface area contributed by atoms with Gasteiger partial charge in [0.2, 0.25) is 11.1 Å². The van der Waals surface area contributed by atoms with Gasteiger partial charge in [0, 0.05) is 30.5 Å². The molecule has 4 heterocycles. The first-order valence-electron chi connectivity index (χ1n) is 14.7. The minimum atomic E-state index is -1.08. The van der Waals surface area contributed by atoms with Crippen LogP contribution in [0.2, 0.25) is 0 Å². The molecular weight excluding hydrogens is 677 g/mol. The van der Waals surface area contributed by atoms with Crippen LogP contribution in [0.3, 0.4) is 0 Å². The second-order valence-electron chi connectivity index (χ2n) is 10.5. The van der Waals surface area contributed by atoms with Gasteiger partial charge in [0.1, 0.15) is 16.8 Å². The Labute approximate surface area is 290 Å². The van der Waals surface area contributed by atoms with Crippen LogP contribution in [0, 0.1) is 5.41 Å². The van der Waals surface area contributed by atoms with Gasteiger partial charge in [0.25, 0.3) is 5.91 Å². The van der Waals surface area contributed by atoms with Crippen LogP contribution in [0.4, 0.5) is 5.13 Å². The number of hydrogen-bond donors (Lipinski definition) is 3. The molecular formula is C31H34N8O4S4. The molecule has 6 rings (SSSR count). The van der Waals surface area contributed by atoms with Crippen molar-refractivity contribution in [1.29, 1.82) is 0 Å². The van der Waals surface area contributed by atoms with E-state index in [1.807, 2.05) is 74.5 Å². The van der Waals surface area contributed by atoms with Crippen LogP contribution in [-0.4, -0.2) is 77.3 Å². The zero-order chi connectivity index (χ0) is 33.6. The van der Waals surface area contributed by atoms with E-state index in [0.29, 0.717) is 21.7 Å². The number of aryl methyl sites for hydroxylation is 1. The lowest BCUT2D eigenvalue weighted by Gasteiger charge is -2.54. The molecule has 12 nitrogen and oxygen atoms in total. The normalized spacial score (nSPS) is 20.5. The standard InChI is InChI=1S/C29H28N8O4S4.C2H6/c1-36-28(33-34-35-36)45-16-29(26(40)41-22(17-8-4-2-5-9-17)18-10-6-3-7-11-18)14-37-24(39)21(25(37)44-15-29)32-23(38)19(12-42)20-13-43-27(30)31-20;1-2/h2-13,21-22,25,42H,14-16H2,1H3,(H2,30,31)(H,32,38);1-2H3/t21?,25-,29?;/m1./s1. The number of esters is 1. The number of fused-ring (bicyclic) bond motifs is 1. The summed E-state index contributed by atoms with van der Waals surface area (Å²) in [5.74, 6) is -0.588. The third kappa shape index (κ3) is 7.35. The summed E-state index contributed by atoms with van der Waals surface area (Å²) in [6, 6.07) is 18.3. The van der Waals surface area contributed by atoms with E-state index in [1.165, 1.54) is 45.0 Å². The monoisotopic (exact) mass is 710 g/mol. The summed E-state index contributed by atoms with van der Waals surface area (Å²) >= 11 is 8.13. The minimum Gasteiger partial charge on any atom is -0.452 e. The molecule has 4 aromatic rings. The van der Waals surface area contributed by atoms with E-state index in [-0.39, 0.29) is 29.2 Å². The molecule has 2 aliphatic rings. The fourth-order valence-corrected chi connectivity index (χ4v) is 8.64. The number of thiol groups is 1. The van der Waals surface area contributed by atoms with Crippen molar-refractivity contribution in [3.63, 3.8) is 0 Å². The number of rotatable bonds is 10. The Hall–Kier alpha value is -3.86. The van der Waals surface area contributed by atoms with Crippen molar-refractivity contribution in [2.24, 2.45) is 12.5 Å². The van der Waals surface area contributed by atoms with Crippen LogP contribution in [0.15, 0.2) is 76.6 Å². The Morgan fingerprint density at radius 2 is 1.83 bits per heavy atom. The van der Waals surface area contributed by atoms with Crippen molar-refractivity contribution >= 4 is 76.0 Å². The van der Waals surface area contributed by atoms with E-state index in [2.05, 4.69) is 38.5 Å². The first kappa shape index (κ1) is 34.5. The van der Waals surface area contributed by atoms with Gasteiger partial charge >= 0.3 is 5.97 Å². The summed E-state index contributed by atoms with van der Waals surface area (Å²) in [4.78, 5) is 46.7. The maximum absolute atomic E-state index is 14.3. The smallest absolute Gasteiger partial charge is 0.316 e. The molecule has 0 saturated carbocycles. The number of nitrogens with two attached hydrogens (primary N) is 1. The van der Waals surface area contributed by atoms with E-state index < -0.39 is 29.4 Å². The molecule has 0 bridgehead atoms. The number of nitrogens with one attached hydrogen (secondary N) is 1. The topological polar surface area (TPSA) is 158 Å². The van der Waals surface area contributed by atoms with Gasteiger partial charge in [0.05, 0.1) is 11.3 Å². The van der Waals surface area contributed by atoms with Crippen LogP contribution in [0.1, 0.15) is 36.8 Å². The highest BCUT2D eigenvalue weighted by Gasteiger charge is 2.58. The number of carbonyl (C=O) groups is 3. The summed E-state index contributed by atoms with van der Waals surface area (Å²) in [5.41, 5.74) is 6.90. The number of nitrogens with zero attached hydrogens (tertiary/aromatic N) is 6. The number of carbonyl (C=O) groups excluding carboxylic acids is 3. The van der Waals surface area contributed by atoms with Gasteiger partial charge in [-0.1, -0.05) is 86.3 Å². The maximum Gasteiger partial charge on any atom is 0.316 e. The molecule has 2 amide bonds. The van der Waals surface area contributed by atoms with Crippen LogP contribution >= 0.6 is 47.5 Å². The zero-order valence-corrected chi connectivity index (χ0v) is 29.2. The number of ether oxygens (including phenoxy) is 1. The molecule has 0 aliphatic carbocycles. The number of thiazole rings is 1. The molecule has 3 N–H and O–H groups in total. The molecule has 2 unspecified atom stereocenters. The second-order valence-corrected chi connectivity index (χ2v) is 13.7. The average molecular weight is 711 g/mol. The summed E-state index contributed by atoms with van der Waals surface area (Å²) in [5, 5.41) is 18.0. The fraction of sp³-hybridized carbons (Fsp3) is 0.323. The Morgan fingerprint density at radius 1 is 1.17 bits per heavy atom. The van der Waals surface area contributed by atoms with Gasteiger partial charge in [-0.15, -0.1) is 28.2 Å². The van der Waals surface area contributed by atoms with Gasteiger partial charge in [-0.3, -0.25) is 14.4 Å². The van der Waals surface area contributed by atoms with Crippen LogP contribution in [0.25, 0.3) is 5.57 Å². The summed E-state index contributed by atoms with van der Waals surface area (Å²) in [7, 11) is 1.72. The molecule has 2 saturated heterocycles. The van der Waals surface area contributed by atoms with Gasteiger partial charge in [-0.25, -0.2) is 9.67 Å². The molecule has 0 radical (unpaired) electrons. The lowest BCUT2D eigenvalue weighted by molar-refractivity contribution is -0.164. The third-order valence-corrected chi connectivity index (χ3v) is 11.3. The van der Waals surface area contributed by atoms with Crippen LogP contribution in [-0.2, 0) is 26.2 Å². The predicted octanol–water partition coefficient (Wildman–Crippen LogP) is 4.06. The Kier molecular flexibility index (Phi) is 11.3. The number of anilines is 1. The summed E-state index contributed by atoms with van der Waals surface area (Å²) in [6.07, 6.45) is -0.647. The quantitative estimate of drug-likeness (QED) is 0.0717. The number of benzene rings is 2. The van der Waals surface area contributed by atoms with E-state index in [9.17, 15) is 14.4 Å². The SMILES string of the molecule is CC.Cn1nnnc1SCC1(C(=O)OC(c2ccccc2)c2ccccc2)CS[C@@H]2C(NC(=O)C(=CS)c3csc(N)n3)C(=O)N2C1. The summed E-state index contributed by atoms with van der Waals surface area (Å²) in [6.45, 7) is 4.11. The highest BCUT2D eigenvalue weighted by molar-refractivity contribution is 8.00. The van der Waals surface area contributed by atoms with E-state index in [1.54, 1.807) is 17.3 Å². The number of β-lactam (4-membered cyclic amide) rings is 1. The van der Waals surface area contributed by atoms with Gasteiger partial charge in [-0.2, -0.15) is 12.6 Å². The van der Waals surface area contributed by atoms with Crippen molar-refractivity contribution in [3.05, 3.63) is 88.3 Å². The molecule has 16 heteroatoms. The molecule has 0 spiro atoms. The minimum absolute atomic E-state index is 0.112. The Balaban J connectivity index is 0.00000213. The van der Waals surface area contributed by atoms with Gasteiger partial charge in [-0.05, 0) is 27.0 Å². The second kappa shape index (κ2) is 15.4. The first-order valence-corrected chi connectivity index (χ1v) is 18.2.